The van der Waals surface area contributed by atoms with Crippen LogP contribution in [-0.2, 0) is 20.6 Å². The number of anilines is 2. The van der Waals surface area contributed by atoms with Crippen molar-refractivity contribution in [2.75, 3.05) is 16.8 Å². The van der Waals surface area contributed by atoms with Gasteiger partial charge in [-0.05, 0) is 78.3 Å². The molecule has 4 aromatic rings. The largest absolute Gasteiger partial charge is 0.484 e. The molecule has 15 heteroatoms. The Morgan fingerprint density at radius 3 is 2.47 bits per heavy atom. The van der Waals surface area contributed by atoms with Crippen LogP contribution in [0.15, 0.2) is 76.6 Å². The minimum Gasteiger partial charge on any atom is -0.484 e. The minimum absolute atomic E-state index is 0.0812. The van der Waals surface area contributed by atoms with E-state index in [4.69, 9.17) is 27.9 Å². The first-order valence-corrected chi connectivity index (χ1v) is 17.8. The number of carbonyl (C=O) groups excluding carboxylic acids is 3. The van der Waals surface area contributed by atoms with E-state index in [-0.39, 0.29) is 46.1 Å². The number of carbonyl (C=O) groups is 3. The zero-order valence-electron chi connectivity index (χ0n) is 25.0. The molecule has 2 aliphatic carbocycles. The van der Waals surface area contributed by atoms with Gasteiger partial charge in [0.25, 0.3) is 5.91 Å². The van der Waals surface area contributed by atoms with E-state index >= 15 is 0 Å². The SMILES string of the molecule is O=C(COc1cccc([C@H]2c3sc(=O)[nH]c3SC3C2[C@H]2C[C@@H]3C3C(=O)N(c4cccc(C(F)(F)F)c4)C(=O)C32)c1)Nc1ccc(Cl)c(Cl)c1. The van der Waals surface area contributed by atoms with E-state index in [1.165, 1.54) is 30.0 Å². The first-order chi connectivity index (χ1) is 23.4. The molecule has 3 aromatic carbocycles. The van der Waals surface area contributed by atoms with Crippen molar-refractivity contribution in [3.63, 3.8) is 0 Å². The van der Waals surface area contributed by atoms with Crippen molar-refractivity contribution in [2.45, 2.75) is 28.8 Å². The Hall–Kier alpha value is -3.78. The lowest BCUT2D eigenvalue weighted by molar-refractivity contribution is -0.137. The minimum atomic E-state index is -4.63. The molecule has 2 saturated carbocycles. The summed E-state index contributed by atoms with van der Waals surface area (Å²) in [5, 5.41) is 3.96. The Bertz CT molecular complexity index is 2110. The van der Waals surface area contributed by atoms with Crippen molar-refractivity contribution in [3.05, 3.63) is 102 Å². The van der Waals surface area contributed by atoms with Crippen molar-refractivity contribution >= 4 is 75.4 Å². The van der Waals surface area contributed by atoms with Crippen LogP contribution in [0, 0.1) is 29.6 Å². The van der Waals surface area contributed by atoms with Gasteiger partial charge in [0.1, 0.15) is 5.75 Å². The molecule has 8 nitrogen and oxygen atoms in total. The molecule has 2 N–H and O–H groups in total. The molecule has 8 rings (SSSR count). The summed E-state index contributed by atoms with van der Waals surface area (Å²) < 4.78 is 46.4. The number of fused-ring (bicyclic) bond motifs is 9. The number of benzene rings is 3. The average Bonchev–Trinajstić information content (AvgIpc) is 3.80. The number of alkyl halides is 3. The molecule has 3 heterocycles. The van der Waals surface area contributed by atoms with Gasteiger partial charge in [-0.1, -0.05) is 52.7 Å². The Morgan fingerprint density at radius 2 is 1.71 bits per heavy atom. The predicted octanol–water partition coefficient (Wildman–Crippen LogP) is 7.46. The van der Waals surface area contributed by atoms with Gasteiger partial charge in [0.2, 0.25) is 11.8 Å². The summed E-state index contributed by atoms with van der Waals surface area (Å²) in [5.41, 5.74) is 0.267. The number of aromatic nitrogens is 1. The molecule has 252 valence electrons. The van der Waals surface area contributed by atoms with Crippen LogP contribution in [-0.4, -0.2) is 34.6 Å². The predicted molar refractivity (Wildman–Crippen MR) is 179 cm³/mol. The van der Waals surface area contributed by atoms with Crippen LogP contribution in [0.2, 0.25) is 10.0 Å². The summed E-state index contributed by atoms with van der Waals surface area (Å²) in [6, 6.07) is 16.3. The van der Waals surface area contributed by atoms with Gasteiger partial charge < -0.3 is 15.0 Å². The van der Waals surface area contributed by atoms with E-state index in [0.717, 1.165) is 38.8 Å². The van der Waals surface area contributed by atoms with Gasteiger partial charge in [0.05, 0.1) is 38.2 Å². The second kappa shape index (κ2) is 11.9. The van der Waals surface area contributed by atoms with E-state index in [1.807, 2.05) is 12.1 Å². The highest BCUT2D eigenvalue weighted by molar-refractivity contribution is 8.00. The molecule has 1 saturated heterocycles. The van der Waals surface area contributed by atoms with Gasteiger partial charge in [-0.25, -0.2) is 0 Å². The number of amides is 3. The maximum absolute atomic E-state index is 14.0. The summed E-state index contributed by atoms with van der Waals surface area (Å²) in [6.07, 6.45) is -4.01. The summed E-state index contributed by atoms with van der Waals surface area (Å²) in [6.45, 7) is -0.296. The monoisotopic (exact) mass is 745 g/mol. The standard InChI is InChI=1S/C34H24Cl2F3N3O5S2/c35-21-8-7-16(11-22(21)36)40-23(43)13-47-18-6-1-3-14(9-18)24-25-19-12-20(28(25)48-30-29(24)49-33(46)41-30)27-26(19)31(44)42(32(27)45)17-5-2-4-15(10-17)34(37,38)39/h1-11,19-20,24-28H,12-13H2,(H,40,43)(H,41,46)/t19-,20-,24-,25?,26?,27?,28?/m1/s1. The number of nitrogens with zero attached hydrogens (tertiary/aromatic N) is 1. The van der Waals surface area contributed by atoms with Crippen LogP contribution in [0.5, 0.6) is 5.75 Å². The van der Waals surface area contributed by atoms with Crippen LogP contribution in [0.4, 0.5) is 24.5 Å². The van der Waals surface area contributed by atoms with E-state index in [0.29, 0.717) is 32.9 Å². The van der Waals surface area contributed by atoms with Crippen LogP contribution in [0.25, 0.3) is 0 Å². The highest BCUT2D eigenvalue weighted by atomic mass is 35.5. The summed E-state index contributed by atoms with van der Waals surface area (Å²) >= 11 is 14.6. The second-order valence-corrected chi connectivity index (χ2v) is 15.6. The van der Waals surface area contributed by atoms with Crippen LogP contribution in [0.3, 0.4) is 0 Å². The number of thioether (sulfide) groups is 1. The lowest BCUT2D eigenvalue weighted by Gasteiger charge is -2.43. The Labute approximate surface area is 294 Å². The molecule has 7 atom stereocenters. The molecule has 3 amide bonds. The third-order valence-electron chi connectivity index (χ3n) is 9.95. The summed E-state index contributed by atoms with van der Waals surface area (Å²) in [7, 11) is 0. The van der Waals surface area contributed by atoms with Gasteiger partial charge >= 0.3 is 11.0 Å². The molecule has 2 bridgehead atoms. The fraction of sp³-hybridized carbons (Fsp3) is 0.294. The van der Waals surface area contributed by atoms with Gasteiger partial charge in [-0.3, -0.25) is 24.1 Å². The molecule has 2 aliphatic heterocycles. The number of imide groups is 1. The number of ether oxygens (including phenoxy) is 1. The van der Waals surface area contributed by atoms with Gasteiger partial charge in [0.15, 0.2) is 6.61 Å². The molecule has 4 unspecified atom stereocenters. The third-order valence-corrected chi connectivity index (χ3v) is 13.3. The Kier molecular flexibility index (Phi) is 7.89. The second-order valence-electron chi connectivity index (χ2n) is 12.6. The number of rotatable bonds is 6. The molecular weight excluding hydrogens is 722 g/mol. The molecule has 4 aliphatic rings. The fourth-order valence-electron chi connectivity index (χ4n) is 8.18. The topological polar surface area (TPSA) is 109 Å². The van der Waals surface area contributed by atoms with E-state index in [9.17, 15) is 32.3 Å². The first-order valence-electron chi connectivity index (χ1n) is 15.3. The van der Waals surface area contributed by atoms with Crippen molar-refractivity contribution in [1.29, 1.82) is 0 Å². The number of hydrogen-bond acceptors (Lipinski definition) is 7. The summed E-state index contributed by atoms with van der Waals surface area (Å²) in [5.74, 6) is -3.20. The quantitative estimate of drug-likeness (QED) is 0.199. The van der Waals surface area contributed by atoms with E-state index in [1.54, 1.807) is 24.3 Å². The maximum Gasteiger partial charge on any atom is 0.416 e. The smallest absolute Gasteiger partial charge is 0.416 e. The third kappa shape index (κ3) is 5.45. The highest BCUT2D eigenvalue weighted by Crippen LogP contribution is 2.68. The van der Waals surface area contributed by atoms with Gasteiger partial charge in [-0.2, -0.15) is 13.2 Å². The molecular formula is C34H24Cl2F3N3O5S2. The average molecular weight is 747 g/mol. The van der Waals surface area contributed by atoms with Crippen LogP contribution >= 0.6 is 46.3 Å². The molecule has 49 heavy (non-hydrogen) atoms. The number of thiazole rings is 1. The van der Waals surface area contributed by atoms with Crippen molar-refractivity contribution < 1.29 is 32.3 Å². The summed E-state index contributed by atoms with van der Waals surface area (Å²) in [4.78, 5) is 57.6. The highest BCUT2D eigenvalue weighted by Gasteiger charge is 2.69. The lowest BCUT2D eigenvalue weighted by Crippen LogP contribution is -2.42. The Morgan fingerprint density at radius 1 is 0.959 bits per heavy atom. The number of hydrogen-bond donors (Lipinski definition) is 2. The number of aromatic amines is 1. The van der Waals surface area contributed by atoms with Crippen molar-refractivity contribution in [3.8, 4) is 5.75 Å². The van der Waals surface area contributed by atoms with Gasteiger partial charge in [0, 0.05) is 21.7 Å². The van der Waals surface area contributed by atoms with E-state index < -0.39 is 41.3 Å². The molecule has 3 fully saturated rings. The number of H-pyrrole nitrogens is 1. The zero-order valence-corrected chi connectivity index (χ0v) is 28.1. The van der Waals surface area contributed by atoms with Gasteiger partial charge in [-0.15, -0.1) is 11.8 Å². The fourth-order valence-corrected chi connectivity index (χ4v) is 11.4. The van der Waals surface area contributed by atoms with Crippen LogP contribution < -0.4 is 19.8 Å². The molecule has 0 radical (unpaired) electrons. The van der Waals surface area contributed by atoms with Crippen molar-refractivity contribution in [1.82, 2.24) is 4.98 Å². The zero-order chi connectivity index (χ0) is 34.4. The van der Waals surface area contributed by atoms with Crippen molar-refractivity contribution in [2.24, 2.45) is 29.6 Å². The van der Waals surface area contributed by atoms with Crippen LogP contribution in [0.1, 0.15) is 28.3 Å². The number of halogens is 5. The number of nitrogens with one attached hydrogen (secondary N) is 2. The normalized spacial score (nSPS) is 26.8. The van der Waals surface area contributed by atoms with E-state index in [2.05, 4.69) is 10.3 Å². The molecule has 0 spiro atoms. The molecule has 1 aromatic heterocycles. The Balaban J connectivity index is 1.08. The maximum atomic E-state index is 14.0. The lowest BCUT2D eigenvalue weighted by atomic mass is 9.68. The first kappa shape index (κ1) is 32.4.